The minimum absolute atomic E-state index is 0.0280. The fourth-order valence-corrected chi connectivity index (χ4v) is 4.49. The zero-order chi connectivity index (χ0) is 22.9. The number of hydrogen-bond donors (Lipinski definition) is 2. The number of aromatic carboxylic acids is 1. The molecule has 1 fully saturated rings. The summed E-state index contributed by atoms with van der Waals surface area (Å²) in [5, 5.41) is 10.8. The van der Waals surface area contributed by atoms with E-state index in [9.17, 15) is 9.90 Å². The van der Waals surface area contributed by atoms with Gasteiger partial charge in [-0.15, -0.1) is 9.24 Å². The van der Waals surface area contributed by atoms with Gasteiger partial charge in [-0.1, -0.05) is 6.07 Å². The monoisotopic (exact) mass is 464 g/mol. The predicted molar refractivity (Wildman–Crippen MR) is 132 cm³/mol. The maximum Gasteiger partial charge on any atom is 0.354 e. The number of carboxylic acid groups (broad SMARTS) is 1. The van der Waals surface area contributed by atoms with Crippen LogP contribution in [-0.4, -0.2) is 77.1 Å². The largest absolute Gasteiger partial charge is 0.477 e. The lowest BCUT2D eigenvalue weighted by Gasteiger charge is -2.28. The van der Waals surface area contributed by atoms with E-state index in [2.05, 4.69) is 24.1 Å². The van der Waals surface area contributed by atoms with Gasteiger partial charge in [0.2, 0.25) is 5.95 Å². The van der Waals surface area contributed by atoms with Crippen LogP contribution in [0.5, 0.6) is 0 Å². The first kappa shape index (κ1) is 21.6. The lowest BCUT2D eigenvalue weighted by atomic mass is 10.1. The number of hydrogen-bond acceptors (Lipinski definition) is 7. The van der Waals surface area contributed by atoms with Crippen molar-refractivity contribution in [2.45, 2.75) is 0 Å². The zero-order valence-electron chi connectivity index (χ0n) is 18.3. The Morgan fingerprint density at radius 2 is 2.00 bits per heavy atom. The molecule has 4 heterocycles. The van der Waals surface area contributed by atoms with E-state index in [-0.39, 0.29) is 5.69 Å². The SMILES string of the molecule is CN(CCP)c1cc(C(=O)O)nc2c(-c3ccc4[nH]ccc4c3)nc(N3CCOCC3)nc12. The second kappa shape index (κ2) is 8.92. The van der Waals surface area contributed by atoms with Gasteiger partial charge in [-0.2, -0.15) is 0 Å². The van der Waals surface area contributed by atoms with Gasteiger partial charge in [-0.05, 0) is 30.4 Å². The molecule has 1 atom stereocenters. The van der Waals surface area contributed by atoms with E-state index in [1.165, 1.54) is 0 Å². The number of morpholine rings is 1. The quantitative estimate of drug-likeness (QED) is 0.420. The van der Waals surface area contributed by atoms with E-state index in [1.54, 1.807) is 6.07 Å². The third kappa shape index (κ3) is 4.10. The van der Waals surface area contributed by atoms with Gasteiger partial charge >= 0.3 is 5.97 Å². The first-order valence-corrected chi connectivity index (χ1v) is 11.6. The third-order valence-corrected chi connectivity index (χ3v) is 6.09. The van der Waals surface area contributed by atoms with Gasteiger partial charge < -0.3 is 24.6 Å². The Bertz CT molecular complexity index is 1330. The maximum atomic E-state index is 11.9. The summed E-state index contributed by atoms with van der Waals surface area (Å²) in [6.07, 6.45) is 2.73. The molecule has 33 heavy (non-hydrogen) atoms. The van der Waals surface area contributed by atoms with Crippen LogP contribution in [-0.2, 0) is 4.74 Å². The second-order valence-corrected chi connectivity index (χ2v) is 8.57. The Morgan fingerprint density at radius 1 is 1.18 bits per heavy atom. The number of aromatic nitrogens is 4. The van der Waals surface area contributed by atoms with Crippen molar-refractivity contribution in [3.63, 3.8) is 0 Å². The number of rotatable bonds is 6. The van der Waals surface area contributed by atoms with Crippen LogP contribution in [0.25, 0.3) is 33.2 Å². The van der Waals surface area contributed by atoms with Crippen molar-refractivity contribution in [1.82, 2.24) is 19.9 Å². The number of anilines is 2. The van der Waals surface area contributed by atoms with Crippen LogP contribution < -0.4 is 9.80 Å². The minimum Gasteiger partial charge on any atom is -0.477 e. The van der Waals surface area contributed by atoms with Crippen molar-refractivity contribution in [1.29, 1.82) is 0 Å². The van der Waals surface area contributed by atoms with Crippen molar-refractivity contribution in [3.8, 4) is 11.3 Å². The highest BCUT2D eigenvalue weighted by atomic mass is 31.0. The summed E-state index contributed by atoms with van der Waals surface area (Å²) in [6.45, 7) is 3.34. The Hall–Kier alpha value is -3.29. The summed E-state index contributed by atoms with van der Waals surface area (Å²) in [5.41, 5.74) is 4.31. The van der Waals surface area contributed by atoms with Gasteiger partial charge in [0, 0.05) is 49.3 Å². The highest BCUT2D eigenvalue weighted by Crippen LogP contribution is 2.34. The topological polar surface area (TPSA) is 107 Å². The molecule has 1 aliphatic rings. The molecular formula is C23H25N6O3P. The number of benzene rings is 1. The Labute approximate surface area is 193 Å². The average Bonchev–Trinajstić information content (AvgIpc) is 3.31. The number of aromatic amines is 1. The normalized spacial score (nSPS) is 14.2. The van der Waals surface area contributed by atoms with Gasteiger partial charge in [0.1, 0.15) is 16.7 Å². The number of nitrogens with zero attached hydrogens (tertiary/aromatic N) is 5. The number of ether oxygens (including phenoxy) is 1. The van der Waals surface area contributed by atoms with Crippen molar-refractivity contribution in [2.24, 2.45) is 0 Å². The molecule has 0 radical (unpaired) electrons. The van der Waals surface area contributed by atoms with Crippen LogP contribution in [0.3, 0.4) is 0 Å². The number of fused-ring (bicyclic) bond motifs is 2. The molecule has 0 saturated carbocycles. The van der Waals surface area contributed by atoms with Crippen LogP contribution >= 0.6 is 9.24 Å². The summed E-state index contributed by atoms with van der Waals surface area (Å²) in [6, 6.07) is 9.61. The van der Waals surface area contributed by atoms with E-state index in [4.69, 9.17) is 14.7 Å². The first-order chi connectivity index (χ1) is 16.0. The van der Waals surface area contributed by atoms with Crippen molar-refractivity contribution in [2.75, 3.05) is 55.9 Å². The van der Waals surface area contributed by atoms with Gasteiger partial charge in [-0.3, -0.25) is 0 Å². The molecule has 170 valence electrons. The molecule has 4 aromatic rings. The smallest absolute Gasteiger partial charge is 0.354 e. The van der Waals surface area contributed by atoms with Crippen LogP contribution in [0.1, 0.15) is 10.5 Å². The molecule has 1 saturated heterocycles. The van der Waals surface area contributed by atoms with E-state index in [0.717, 1.165) is 34.9 Å². The maximum absolute atomic E-state index is 11.9. The summed E-state index contributed by atoms with van der Waals surface area (Å²) in [7, 11) is 4.64. The highest BCUT2D eigenvalue weighted by molar-refractivity contribution is 7.16. The number of nitrogens with one attached hydrogen (secondary N) is 1. The number of carbonyl (C=O) groups is 1. The Morgan fingerprint density at radius 3 is 2.76 bits per heavy atom. The minimum atomic E-state index is -1.08. The Kier molecular flexibility index (Phi) is 5.83. The first-order valence-electron chi connectivity index (χ1n) is 10.8. The molecule has 1 aromatic carbocycles. The van der Waals surface area contributed by atoms with Crippen molar-refractivity contribution < 1.29 is 14.6 Å². The number of carboxylic acids is 1. The van der Waals surface area contributed by atoms with Crippen LogP contribution in [0.4, 0.5) is 11.6 Å². The lowest BCUT2D eigenvalue weighted by molar-refractivity contribution is 0.0691. The highest BCUT2D eigenvalue weighted by Gasteiger charge is 2.23. The molecule has 5 rings (SSSR count). The average molecular weight is 464 g/mol. The molecule has 1 aliphatic heterocycles. The van der Waals surface area contributed by atoms with Crippen LogP contribution in [0.15, 0.2) is 36.5 Å². The molecular weight excluding hydrogens is 439 g/mol. The lowest BCUT2D eigenvalue weighted by Crippen LogP contribution is -2.37. The predicted octanol–water partition coefficient (Wildman–Crippen LogP) is 3.02. The summed E-state index contributed by atoms with van der Waals surface area (Å²) >= 11 is 0. The fraction of sp³-hybridized carbons (Fsp3) is 0.304. The third-order valence-electron chi connectivity index (χ3n) is 5.84. The molecule has 2 N–H and O–H groups in total. The van der Waals surface area contributed by atoms with Gasteiger partial charge in [0.25, 0.3) is 0 Å². The molecule has 3 aromatic heterocycles. The van der Waals surface area contributed by atoms with Crippen molar-refractivity contribution in [3.05, 3.63) is 42.2 Å². The Balaban J connectivity index is 1.80. The van der Waals surface area contributed by atoms with Gasteiger partial charge in [-0.25, -0.2) is 19.7 Å². The number of pyridine rings is 1. The van der Waals surface area contributed by atoms with Gasteiger partial charge in [0.05, 0.1) is 18.9 Å². The van der Waals surface area contributed by atoms with E-state index in [1.807, 2.05) is 42.4 Å². The van der Waals surface area contributed by atoms with Crippen LogP contribution in [0, 0.1) is 0 Å². The zero-order valence-corrected chi connectivity index (χ0v) is 19.4. The number of H-pyrrole nitrogens is 1. The molecule has 0 bridgehead atoms. The molecule has 9 nitrogen and oxygen atoms in total. The standard InChI is InChI=1S/C23H25N6O3P/c1-28(8-11-33)18-13-17(22(30)31)25-21-19(15-2-3-16-14(12-15)4-5-24-16)26-23(27-20(18)21)29-6-9-32-10-7-29/h2-5,12-13,24H,6-11,33H2,1H3,(H,30,31). The molecule has 0 aliphatic carbocycles. The summed E-state index contributed by atoms with van der Waals surface area (Å²) < 4.78 is 5.51. The molecule has 10 heteroatoms. The molecule has 0 amide bonds. The second-order valence-electron chi connectivity index (χ2n) is 7.99. The molecule has 0 spiro atoms. The van der Waals surface area contributed by atoms with Crippen LogP contribution in [0.2, 0.25) is 0 Å². The summed E-state index contributed by atoms with van der Waals surface area (Å²) in [5.74, 6) is -0.484. The van der Waals surface area contributed by atoms with E-state index >= 15 is 0 Å². The summed E-state index contributed by atoms with van der Waals surface area (Å²) in [4.78, 5) is 33.5. The van der Waals surface area contributed by atoms with E-state index in [0.29, 0.717) is 49.0 Å². The van der Waals surface area contributed by atoms with E-state index < -0.39 is 5.97 Å². The van der Waals surface area contributed by atoms with Gasteiger partial charge in [0.15, 0.2) is 5.69 Å². The fourth-order valence-electron chi connectivity index (χ4n) is 4.10. The van der Waals surface area contributed by atoms with Crippen molar-refractivity contribution >= 4 is 48.8 Å². The molecule has 1 unspecified atom stereocenters.